The number of carbonyl (C=O) groups excluding carboxylic acids is 2. The summed E-state index contributed by atoms with van der Waals surface area (Å²) in [7, 11) is 1.42. The van der Waals surface area contributed by atoms with Crippen LogP contribution in [-0.4, -0.2) is 40.5 Å². The lowest BCUT2D eigenvalue weighted by Crippen LogP contribution is -2.20. The number of methoxy groups -OCH3 is 1. The van der Waals surface area contributed by atoms with E-state index in [1.807, 2.05) is 11.4 Å². The molecule has 0 spiro atoms. The molecule has 0 unspecified atom stereocenters. The van der Waals surface area contributed by atoms with Crippen molar-refractivity contribution in [3.05, 3.63) is 41.9 Å². The number of aromatic nitrogens is 3. The molecule has 10 nitrogen and oxygen atoms in total. The van der Waals surface area contributed by atoms with E-state index in [0.717, 1.165) is 12.8 Å². The van der Waals surface area contributed by atoms with E-state index >= 15 is 0 Å². The Morgan fingerprint density at radius 3 is 2.90 bits per heavy atom. The van der Waals surface area contributed by atoms with Gasteiger partial charge in [-0.1, -0.05) is 0 Å². The normalized spacial score (nSPS) is 14.7. The lowest BCUT2D eigenvalue weighted by molar-refractivity contribution is -0.117. The molecule has 4 rings (SSSR count). The first-order chi connectivity index (χ1) is 15.7. The van der Waals surface area contributed by atoms with E-state index in [4.69, 9.17) is 8.85 Å². The van der Waals surface area contributed by atoms with Gasteiger partial charge in [0.15, 0.2) is 5.75 Å². The Labute approximate surface area is 176 Å². The van der Waals surface area contributed by atoms with Gasteiger partial charge in [-0.2, -0.15) is 10.4 Å². The van der Waals surface area contributed by atoms with E-state index in [0.29, 0.717) is 11.2 Å². The van der Waals surface area contributed by atoms with Crippen LogP contribution in [0.3, 0.4) is 0 Å². The van der Waals surface area contributed by atoms with Crippen LogP contribution in [0.5, 0.6) is 5.75 Å². The predicted molar refractivity (Wildman–Crippen MR) is 109 cm³/mol. The maximum absolute atomic E-state index is 12.6. The average molecular weight is 408 g/mol. The summed E-state index contributed by atoms with van der Waals surface area (Å²) in [5.74, 6) is -0.635. The number of nitrogens with zero attached hydrogens (tertiary/aromatic N) is 4. The molecule has 10 heteroatoms. The van der Waals surface area contributed by atoms with Crippen LogP contribution in [0.4, 0.5) is 17.2 Å². The van der Waals surface area contributed by atoms with Crippen molar-refractivity contribution in [3.63, 3.8) is 0 Å². The van der Waals surface area contributed by atoms with Crippen LogP contribution in [-0.2, 0) is 4.79 Å². The third-order valence-electron chi connectivity index (χ3n) is 4.69. The van der Waals surface area contributed by atoms with E-state index < -0.39 is 12.9 Å². The second-order valence-corrected chi connectivity index (χ2v) is 6.68. The zero-order valence-electron chi connectivity index (χ0n) is 18.9. The highest BCUT2D eigenvalue weighted by atomic mass is 16.5. The van der Waals surface area contributed by atoms with E-state index in [9.17, 15) is 14.9 Å². The predicted octanol–water partition coefficient (Wildman–Crippen LogP) is 2.06. The molecule has 0 bridgehead atoms. The molecule has 30 heavy (non-hydrogen) atoms. The number of anilines is 3. The Morgan fingerprint density at radius 1 is 1.37 bits per heavy atom. The van der Waals surface area contributed by atoms with Crippen molar-refractivity contribution in [1.82, 2.24) is 19.9 Å². The highest BCUT2D eigenvalue weighted by Gasteiger charge is 2.30. The number of nitrogens with one attached hydrogen (secondary N) is 3. The lowest BCUT2D eigenvalue weighted by atomic mass is 10.2. The summed E-state index contributed by atoms with van der Waals surface area (Å²) in [6.45, 7) is -2.71. The zero-order valence-corrected chi connectivity index (χ0v) is 15.9. The van der Waals surface area contributed by atoms with Crippen molar-refractivity contribution in [1.29, 1.82) is 5.26 Å². The van der Waals surface area contributed by atoms with Crippen molar-refractivity contribution in [3.8, 4) is 11.8 Å². The fraction of sp³-hybridized carbons (Fsp3) is 0.250. The number of carbonyl (C=O) groups is 2. The quantitative estimate of drug-likeness (QED) is 0.568. The summed E-state index contributed by atoms with van der Waals surface area (Å²) >= 11 is 0. The summed E-state index contributed by atoms with van der Waals surface area (Å²) in [5.41, 5.74) is 1.19. The Balaban J connectivity index is 1.76. The van der Waals surface area contributed by atoms with Crippen LogP contribution in [0.1, 0.15) is 32.9 Å². The number of pyridine rings is 2. The third kappa shape index (κ3) is 3.48. The molecule has 2 amide bonds. The van der Waals surface area contributed by atoms with Gasteiger partial charge in [0, 0.05) is 35.5 Å². The minimum Gasteiger partial charge on any atom is -0.492 e. The van der Waals surface area contributed by atoms with Crippen LogP contribution in [0.15, 0.2) is 30.7 Å². The van der Waals surface area contributed by atoms with Crippen LogP contribution < -0.4 is 20.7 Å². The molecule has 0 saturated heterocycles. The van der Waals surface area contributed by atoms with Gasteiger partial charge in [-0.05, 0) is 18.9 Å². The molecule has 1 aliphatic carbocycles. The molecule has 0 aliphatic heterocycles. The lowest BCUT2D eigenvalue weighted by Gasteiger charge is -2.16. The van der Waals surface area contributed by atoms with Gasteiger partial charge in [-0.3, -0.25) is 9.59 Å². The minimum absolute atomic E-state index is 0.0597. The van der Waals surface area contributed by atoms with Crippen LogP contribution in [0.25, 0.3) is 5.52 Å². The van der Waals surface area contributed by atoms with Gasteiger partial charge in [0.25, 0.3) is 5.91 Å². The second-order valence-electron chi connectivity index (χ2n) is 6.68. The smallest absolute Gasteiger partial charge is 0.254 e. The highest BCUT2D eigenvalue weighted by Crippen LogP contribution is 2.35. The van der Waals surface area contributed by atoms with Crippen molar-refractivity contribution in [2.45, 2.75) is 12.8 Å². The van der Waals surface area contributed by atoms with Crippen LogP contribution >= 0.6 is 0 Å². The number of rotatable bonds is 6. The largest absolute Gasteiger partial charge is 0.492 e. The van der Waals surface area contributed by atoms with Gasteiger partial charge < -0.3 is 20.7 Å². The molecule has 3 N–H and O–H groups in total. The molecule has 1 fully saturated rings. The number of fused-ring (bicyclic) bond motifs is 1. The maximum Gasteiger partial charge on any atom is 0.254 e. The van der Waals surface area contributed by atoms with Crippen molar-refractivity contribution < 1.29 is 18.4 Å². The van der Waals surface area contributed by atoms with Gasteiger partial charge in [-0.25, -0.2) is 9.50 Å². The summed E-state index contributed by atoms with van der Waals surface area (Å²) < 4.78 is 28.9. The van der Waals surface area contributed by atoms with Crippen LogP contribution in [0, 0.1) is 17.2 Å². The van der Waals surface area contributed by atoms with Crippen LogP contribution in [0.2, 0.25) is 0 Å². The number of ether oxygens (including phenoxy) is 1. The molecule has 152 valence electrons. The summed E-state index contributed by atoms with van der Waals surface area (Å²) in [5, 5.41) is 21.2. The first-order valence-corrected chi connectivity index (χ1v) is 9.05. The number of nitriles is 1. The molecule has 3 heterocycles. The van der Waals surface area contributed by atoms with Gasteiger partial charge in [0.2, 0.25) is 5.91 Å². The van der Waals surface area contributed by atoms with E-state index in [1.165, 1.54) is 30.1 Å². The molecule has 3 aromatic rings. The van der Waals surface area contributed by atoms with Crippen molar-refractivity contribution >= 4 is 34.5 Å². The van der Waals surface area contributed by atoms with E-state index in [-0.39, 0.29) is 40.2 Å². The molecule has 0 atom stereocenters. The average Bonchev–Trinajstić information content (AvgIpc) is 3.52. The standard InChI is InChI=1S/C20H19N7O3/c1-22-20(29)13-10-23-16(26-19(28)11-3-4-11)7-15(13)25-14-5-6-27-17(18(14)30-2)12(8-21)9-24-27/h5-7,9-11H,3-4H2,1-2H3,(H,22,29)(H2,23,25,26,28)/i1D3. The molecular weight excluding hydrogens is 386 g/mol. The SMILES string of the molecule is [2H]C([2H])([2H])NC(=O)c1cnc(NC(=O)C2CC2)cc1Nc1ccn2ncc(C#N)c2c1OC. The molecule has 0 aromatic carbocycles. The summed E-state index contributed by atoms with van der Waals surface area (Å²) in [6, 6.07) is 5.09. The second kappa shape index (κ2) is 7.71. The Kier molecular flexibility index (Phi) is 4.05. The molecule has 1 aliphatic rings. The molecule has 1 saturated carbocycles. The van der Waals surface area contributed by atoms with E-state index in [1.54, 1.807) is 12.3 Å². The Hall–Kier alpha value is -4.13. The monoisotopic (exact) mass is 408 g/mol. The van der Waals surface area contributed by atoms with Gasteiger partial charge >= 0.3 is 0 Å². The third-order valence-corrected chi connectivity index (χ3v) is 4.69. The molecular formula is C20H19N7O3. The Bertz CT molecular complexity index is 1290. The maximum atomic E-state index is 12.6. The van der Waals surface area contributed by atoms with Crippen molar-refractivity contribution in [2.75, 3.05) is 24.7 Å². The van der Waals surface area contributed by atoms with Crippen molar-refractivity contribution in [2.24, 2.45) is 5.92 Å². The fourth-order valence-electron chi connectivity index (χ4n) is 3.03. The van der Waals surface area contributed by atoms with Gasteiger partial charge in [-0.15, -0.1) is 0 Å². The topological polar surface area (TPSA) is 133 Å². The first-order valence-electron chi connectivity index (χ1n) is 10.5. The van der Waals surface area contributed by atoms with Gasteiger partial charge in [0.05, 0.1) is 30.2 Å². The fourth-order valence-corrected chi connectivity index (χ4v) is 3.03. The summed E-state index contributed by atoms with van der Waals surface area (Å²) in [6.07, 6.45) is 5.78. The minimum atomic E-state index is -2.71. The zero-order chi connectivity index (χ0) is 23.8. The molecule has 3 aromatic heterocycles. The highest BCUT2D eigenvalue weighted by molar-refractivity contribution is 6.01. The molecule has 0 radical (unpaired) electrons. The number of hydrogen-bond acceptors (Lipinski definition) is 7. The number of hydrogen-bond donors (Lipinski definition) is 3. The first kappa shape index (κ1) is 15.8. The summed E-state index contributed by atoms with van der Waals surface area (Å²) in [4.78, 5) is 28.9. The van der Waals surface area contributed by atoms with E-state index in [2.05, 4.69) is 20.7 Å². The van der Waals surface area contributed by atoms with Gasteiger partial charge in [0.1, 0.15) is 23.0 Å². The number of amides is 2. The Morgan fingerprint density at radius 2 is 2.20 bits per heavy atom.